The van der Waals surface area contributed by atoms with Crippen LogP contribution >= 0.6 is 11.6 Å². The van der Waals surface area contributed by atoms with E-state index in [1.807, 2.05) is 19.1 Å². The van der Waals surface area contributed by atoms with E-state index < -0.39 is 11.7 Å². The monoisotopic (exact) mass is 414 g/mol. The van der Waals surface area contributed by atoms with Crippen LogP contribution in [0.15, 0.2) is 36.4 Å². The van der Waals surface area contributed by atoms with Gasteiger partial charge in [0.05, 0.1) is 17.2 Å². The van der Waals surface area contributed by atoms with Crippen molar-refractivity contribution in [2.24, 2.45) is 0 Å². The lowest BCUT2D eigenvalue weighted by Gasteiger charge is -2.14. The van der Waals surface area contributed by atoms with E-state index in [0.717, 1.165) is 36.1 Å². The van der Waals surface area contributed by atoms with Crippen LogP contribution in [0, 0.1) is 0 Å². The quantitative estimate of drug-likeness (QED) is 0.456. The van der Waals surface area contributed by atoms with Gasteiger partial charge in [0.25, 0.3) is 0 Å². The van der Waals surface area contributed by atoms with Gasteiger partial charge in [0.15, 0.2) is 0 Å². The molecule has 0 heterocycles. The minimum absolute atomic E-state index is 0.113. The Hall–Kier alpha value is -2.21. The van der Waals surface area contributed by atoms with Crippen LogP contribution in [0.25, 0.3) is 0 Å². The fourth-order valence-corrected chi connectivity index (χ4v) is 2.99. The summed E-state index contributed by atoms with van der Waals surface area (Å²) >= 11 is 5.96. The maximum atomic E-state index is 12.8. The van der Waals surface area contributed by atoms with Crippen molar-refractivity contribution < 1.29 is 27.4 Å². The number of ether oxygens (including phenoxy) is 2. The maximum absolute atomic E-state index is 12.8. The van der Waals surface area contributed by atoms with E-state index in [4.69, 9.17) is 21.1 Å². The Morgan fingerprint density at radius 2 is 1.79 bits per heavy atom. The summed E-state index contributed by atoms with van der Waals surface area (Å²) in [5, 5.41) is -0.113. The van der Waals surface area contributed by atoms with E-state index >= 15 is 0 Å². The molecule has 0 radical (unpaired) electrons. The molecule has 2 aromatic rings. The average molecular weight is 415 g/mol. The van der Waals surface area contributed by atoms with Crippen LogP contribution < -0.4 is 4.74 Å². The van der Waals surface area contributed by atoms with Gasteiger partial charge >= 0.3 is 12.1 Å². The lowest BCUT2D eigenvalue weighted by Crippen LogP contribution is -2.06. The molecule has 0 saturated carbocycles. The molecule has 2 rings (SSSR count). The summed E-state index contributed by atoms with van der Waals surface area (Å²) in [5.74, 6) is 0.378. The summed E-state index contributed by atoms with van der Waals surface area (Å²) in [5.41, 5.74) is 1.21. The predicted molar refractivity (Wildman–Crippen MR) is 102 cm³/mol. The highest BCUT2D eigenvalue weighted by Crippen LogP contribution is 2.36. The number of aryl methyl sites for hydroxylation is 2. The third kappa shape index (κ3) is 6.16. The van der Waals surface area contributed by atoms with E-state index in [1.54, 1.807) is 13.0 Å². The van der Waals surface area contributed by atoms with Gasteiger partial charge in [-0.15, -0.1) is 0 Å². The van der Waals surface area contributed by atoms with Crippen molar-refractivity contribution in [3.8, 4) is 11.5 Å². The Bertz CT molecular complexity index is 819. The van der Waals surface area contributed by atoms with Crippen LogP contribution in [0.4, 0.5) is 13.2 Å². The smallest absolute Gasteiger partial charge is 0.416 e. The van der Waals surface area contributed by atoms with Gasteiger partial charge < -0.3 is 9.47 Å². The van der Waals surface area contributed by atoms with Crippen LogP contribution in [0.3, 0.4) is 0 Å². The largest absolute Gasteiger partial charge is 0.466 e. The molecule has 0 amide bonds. The lowest BCUT2D eigenvalue weighted by molar-refractivity contribution is -0.143. The minimum Gasteiger partial charge on any atom is -0.466 e. The number of esters is 1. The molecule has 0 bridgehead atoms. The number of alkyl halides is 3. The molecule has 0 unspecified atom stereocenters. The van der Waals surface area contributed by atoms with E-state index in [9.17, 15) is 18.0 Å². The van der Waals surface area contributed by atoms with E-state index in [0.29, 0.717) is 18.8 Å². The Balaban J connectivity index is 2.18. The number of benzene rings is 2. The molecule has 0 fully saturated rings. The average Bonchev–Trinajstić information content (AvgIpc) is 2.62. The zero-order chi connectivity index (χ0) is 20.7. The molecular formula is C21H22ClF3O3. The van der Waals surface area contributed by atoms with Gasteiger partial charge in [-0.25, -0.2) is 0 Å². The first-order valence-electron chi connectivity index (χ1n) is 9.06. The molecule has 152 valence electrons. The Morgan fingerprint density at radius 3 is 2.39 bits per heavy atom. The first kappa shape index (κ1) is 22.1. The molecular weight excluding hydrogens is 393 g/mol. The lowest BCUT2D eigenvalue weighted by atomic mass is 9.99. The number of rotatable bonds is 8. The fourth-order valence-electron chi connectivity index (χ4n) is 2.77. The predicted octanol–water partition coefficient (Wildman–Crippen LogP) is 6.60. The van der Waals surface area contributed by atoms with Gasteiger partial charge in [-0.1, -0.05) is 31.0 Å². The van der Waals surface area contributed by atoms with Crippen molar-refractivity contribution in [2.45, 2.75) is 45.7 Å². The highest BCUT2D eigenvalue weighted by Gasteiger charge is 2.31. The van der Waals surface area contributed by atoms with Crippen molar-refractivity contribution in [1.29, 1.82) is 0 Å². The molecule has 28 heavy (non-hydrogen) atoms. The summed E-state index contributed by atoms with van der Waals surface area (Å²) < 4.78 is 48.9. The van der Waals surface area contributed by atoms with Crippen molar-refractivity contribution in [3.05, 3.63) is 58.1 Å². The molecule has 7 heteroatoms. The van der Waals surface area contributed by atoms with Gasteiger partial charge in [-0.3, -0.25) is 4.79 Å². The van der Waals surface area contributed by atoms with E-state index in [2.05, 4.69) is 0 Å². The molecule has 0 aliphatic rings. The van der Waals surface area contributed by atoms with Crippen LogP contribution in [0.1, 0.15) is 43.4 Å². The van der Waals surface area contributed by atoms with Gasteiger partial charge in [0.1, 0.15) is 11.5 Å². The maximum Gasteiger partial charge on any atom is 0.416 e. The second kappa shape index (κ2) is 9.82. The molecule has 0 aliphatic carbocycles. The third-order valence-electron chi connectivity index (χ3n) is 4.09. The van der Waals surface area contributed by atoms with Crippen molar-refractivity contribution in [2.75, 3.05) is 6.61 Å². The molecule has 0 N–H and O–H groups in total. The molecule has 0 aliphatic heterocycles. The first-order chi connectivity index (χ1) is 13.2. The molecule has 0 aromatic heterocycles. The Labute approximate surface area is 167 Å². The van der Waals surface area contributed by atoms with Crippen molar-refractivity contribution >= 4 is 17.6 Å². The van der Waals surface area contributed by atoms with Crippen LogP contribution in [0.5, 0.6) is 11.5 Å². The first-order valence-corrected chi connectivity index (χ1v) is 9.44. The Kier molecular flexibility index (Phi) is 7.75. The van der Waals surface area contributed by atoms with Crippen LogP contribution in [-0.4, -0.2) is 12.6 Å². The second-order valence-electron chi connectivity index (χ2n) is 6.23. The molecule has 3 nitrogen and oxygen atoms in total. The van der Waals surface area contributed by atoms with Crippen molar-refractivity contribution in [1.82, 2.24) is 0 Å². The van der Waals surface area contributed by atoms with E-state index in [-0.39, 0.29) is 23.2 Å². The summed E-state index contributed by atoms with van der Waals surface area (Å²) in [6.45, 7) is 4.15. The zero-order valence-electron chi connectivity index (χ0n) is 15.7. The molecule has 0 saturated heterocycles. The van der Waals surface area contributed by atoms with Crippen LogP contribution in [0.2, 0.25) is 5.02 Å². The minimum atomic E-state index is -4.46. The highest BCUT2D eigenvalue weighted by molar-refractivity contribution is 6.32. The van der Waals surface area contributed by atoms with E-state index in [1.165, 1.54) is 6.07 Å². The summed E-state index contributed by atoms with van der Waals surface area (Å²) in [6, 6.07) is 8.39. The van der Waals surface area contributed by atoms with Gasteiger partial charge in [-0.05, 0) is 61.2 Å². The standard InChI is InChI=1S/C21H22ClF3O3/c1-3-5-15-12-17(9-6-14(15)7-11-20(26)27-4-2)28-19-10-8-16(13-18(19)22)21(23,24)25/h6,8-10,12-13H,3-5,7,11H2,1-2H3. The zero-order valence-corrected chi connectivity index (χ0v) is 16.5. The highest BCUT2D eigenvalue weighted by atomic mass is 35.5. The van der Waals surface area contributed by atoms with Crippen molar-refractivity contribution in [3.63, 3.8) is 0 Å². The Morgan fingerprint density at radius 1 is 1.04 bits per heavy atom. The SMILES string of the molecule is CCCc1cc(Oc2ccc(C(F)(F)F)cc2Cl)ccc1CCC(=O)OCC. The topological polar surface area (TPSA) is 35.5 Å². The number of carbonyl (C=O) groups is 1. The number of hydrogen-bond acceptors (Lipinski definition) is 3. The number of carbonyl (C=O) groups excluding carboxylic acids is 1. The van der Waals surface area contributed by atoms with Gasteiger partial charge in [0, 0.05) is 6.42 Å². The third-order valence-corrected chi connectivity index (χ3v) is 4.38. The number of halogens is 4. The summed E-state index contributed by atoms with van der Waals surface area (Å²) in [6.07, 6.45) is -1.94. The second-order valence-corrected chi connectivity index (χ2v) is 6.64. The van der Waals surface area contributed by atoms with Crippen LogP contribution in [-0.2, 0) is 28.5 Å². The van der Waals surface area contributed by atoms with Gasteiger partial charge in [0.2, 0.25) is 0 Å². The molecule has 0 atom stereocenters. The molecule has 2 aromatic carbocycles. The summed E-state index contributed by atoms with van der Waals surface area (Å²) in [4.78, 5) is 11.6. The van der Waals surface area contributed by atoms with Gasteiger partial charge in [-0.2, -0.15) is 13.2 Å². The normalized spacial score (nSPS) is 11.4. The molecule has 0 spiro atoms. The number of hydrogen-bond donors (Lipinski definition) is 0. The fraction of sp³-hybridized carbons (Fsp3) is 0.381. The summed E-state index contributed by atoms with van der Waals surface area (Å²) in [7, 11) is 0.